The van der Waals surface area contributed by atoms with E-state index in [2.05, 4.69) is 6.92 Å². The van der Waals surface area contributed by atoms with Crippen molar-refractivity contribution in [3.8, 4) is 0 Å². The highest BCUT2D eigenvalue weighted by Crippen LogP contribution is 1.94. The monoisotopic (exact) mass is 185 g/mol. The molecule has 0 fully saturated rings. The summed E-state index contributed by atoms with van der Waals surface area (Å²) in [5.41, 5.74) is 0. The molecule has 0 aromatic carbocycles. The van der Waals surface area contributed by atoms with Gasteiger partial charge in [-0.1, -0.05) is 40.2 Å². The van der Waals surface area contributed by atoms with Gasteiger partial charge in [0.25, 0.3) is 0 Å². The van der Waals surface area contributed by atoms with E-state index in [1.165, 1.54) is 0 Å². The number of carbonyl (C=O) groups is 1. The molecule has 0 aromatic rings. The van der Waals surface area contributed by atoms with Crippen LogP contribution >= 0.6 is 0 Å². The normalized spacial score (nSPS) is 9.31. The minimum Gasteiger partial charge on any atom is -0.322 e. The van der Waals surface area contributed by atoms with Crippen molar-refractivity contribution in [2.45, 2.75) is 47.0 Å². The highest BCUT2D eigenvalue weighted by atomic mass is 16.2. The molecule has 0 saturated carbocycles. The summed E-state index contributed by atoms with van der Waals surface area (Å²) in [5, 5.41) is 0. The molecule has 0 rings (SSSR count). The van der Waals surface area contributed by atoms with Crippen LogP contribution in [0, 0.1) is 0 Å². The Bertz CT molecular complexity index is 141. The van der Waals surface area contributed by atoms with Crippen LogP contribution in [0.5, 0.6) is 0 Å². The van der Waals surface area contributed by atoms with Crippen molar-refractivity contribution in [3.05, 3.63) is 12.3 Å². The van der Waals surface area contributed by atoms with Gasteiger partial charge in [-0.2, -0.15) is 0 Å². The summed E-state index contributed by atoms with van der Waals surface area (Å²) in [4.78, 5) is 12.6. The van der Waals surface area contributed by atoms with E-state index in [0.29, 0.717) is 6.42 Å². The van der Waals surface area contributed by atoms with Gasteiger partial charge in [0, 0.05) is 19.7 Å². The van der Waals surface area contributed by atoms with Gasteiger partial charge in [0.2, 0.25) is 5.91 Å². The maximum atomic E-state index is 11.0. The summed E-state index contributed by atoms with van der Waals surface area (Å²) in [6.07, 6.45) is 6.61. The molecule has 1 amide bonds. The van der Waals surface area contributed by atoms with Crippen LogP contribution in [0.1, 0.15) is 47.0 Å². The molecule has 0 aliphatic carbocycles. The molecular weight excluding hydrogens is 162 g/mol. The fraction of sp³-hybridized carbons (Fsp3) is 0.727. The van der Waals surface area contributed by atoms with Crippen molar-refractivity contribution >= 4 is 5.91 Å². The molecule has 0 spiro atoms. The van der Waals surface area contributed by atoms with E-state index in [0.717, 1.165) is 12.8 Å². The molecule has 78 valence electrons. The van der Waals surface area contributed by atoms with Gasteiger partial charge in [0.05, 0.1) is 0 Å². The highest BCUT2D eigenvalue weighted by molar-refractivity contribution is 5.76. The van der Waals surface area contributed by atoms with Crippen LogP contribution in [0.2, 0.25) is 0 Å². The number of unbranched alkanes of at least 4 members (excludes halogenated alkanes) is 1. The molecule has 0 radical (unpaired) electrons. The molecule has 0 aromatic heterocycles. The first-order chi connectivity index (χ1) is 6.22. The summed E-state index contributed by atoms with van der Waals surface area (Å²) in [6, 6.07) is 0. The predicted octanol–water partition coefficient (Wildman–Crippen LogP) is 3.19. The molecule has 0 aliphatic heterocycles. The zero-order valence-electron chi connectivity index (χ0n) is 9.63. The molecule has 0 N–H and O–H groups in total. The van der Waals surface area contributed by atoms with Crippen molar-refractivity contribution in [1.29, 1.82) is 0 Å². The summed E-state index contributed by atoms with van der Waals surface area (Å²) in [6.45, 7) is 7.98. The van der Waals surface area contributed by atoms with Gasteiger partial charge < -0.3 is 4.90 Å². The topological polar surface area (TPSA) is 20.3 Å². The van der Waals surface area contributed by atoms with Crippen molar-refractivity contribution < 1.29 is 4.79 Å². The lowest BCUT2D eigenvalue weighted by atomic mass is 10.3. The lowest BCUT2D eigenvalue weighted by Crippen LogP contribution is -2.19. The van der Waals surface area contributed by atoms with E-state index in [-0.39, 0.29) is 5.91 Å². The molecule has 0 heterocycles. The smallest absolute Gasteiger partial charge is 0.225 e. The van der Waals surface area contributed by atoms with Crippen LogP contribution in [0.25, 0.3) is 0 Å². The Hall–Kier alpha value is -0.790. The summed E-state index contributed by atoms with van der Waals surface area (Å²) in [7, 11) is 1.79. The first-order valence-corrected chi connectivity index (χ1v) is 5.14. The Kier molecular flexibility index (Phi) is 12.7. The van der Waals surface area contributed by atoms with E-state index in [1.807, 2.05) is 33.0 Å². The quantitative estimate of drug-likeness (QED) is 0.658. The van der Waals surface area contributed by atoms with E-state index in [4.69, 9.17) is 0 Å². The van der Waals surface area contributed by atoms with E-state index in [1.54, 1.807) is 11.9 Å². The second-order valence-corrected chi connectivity index (χ2v) is 2.53. The lowest BCUT2D eigenvalue weighted by molar-refractivity contribution is -0.127. The summed E-state index contributed by atoms with van der Waals surface area (Å²) in [5.74, 6) is 0.164. The molecule has 0 saturated heterocycles. The number of nitrogens with zero attached hydrogens (tertiary/aromatic N) is 1. The maximum Gasteiger partial charge on any atom is 0.225 e. The van der Waals surface area contributed by atoms with Crippen LogP contribution < -0.4 is 0 Å². The van der Waals surface area contributed by atoms with Crippen molar-refractivity contribution in [1.82, 2.24) is 4.90 Å². The fourth-order valence-electron chi connectivity index (χ4n) is 0.732. The van der Waals surface area contributed by atoms with Gasteiger partial charge in [0.1, 0.15) is 0 Å². The Balaban J connectivity index is 0. The second-order valence-electron chi connectivity index (χ2n) is 2.53. The Labute approximate surface area is 82.6 Å². The van der Waals surface area contributed by atoms with Gasteiger partial charge in [-0.05, 0) is 6.42 Å². The summed E-state index contributed by atoms with van der Waals surface area (Å²) < 4.78 is 0. The molecule has 0 atom stereocenters. The number of rotatable bonds is 4. The predicted molar refractivity (Wildman–Crippen MR) is 58.5 cm³/mol. The van der Waals surface area contributed by atoms with Gasteiger partial charge >= 0.3 is 0 Å². The van der Waals surface area contributed by atoms with Crippen molar-refractivity contribution in [2.75, 3.05) is 7.05 Å². The van der Waals surface area contributed by atoms with Gasteiger partial charge in [-0.25, -0.2) is 0 Å². The largest absolute Gasteiger partial charge is 0.322 e. The van der Waals surface area contributed by atoms with E-state index >= 15 is 0 Å². The van der Waals surface area contributed by atoms with Crippen LogP contribution in [0.4, 0.5) is 0 Å². The number of hydrogen-bond donors (Lipinski definition) is 0. The third kappa shape index (κ3) is 9.12. The van der Waals surface area contributed by atoms with Crippen molar-refractivity contribution in [2.24, 2.45) is 0 Å². The first-order valence-electron chi connectivity index (χ1n) is 5.14. The third-order valence-corrected chi connectivity index (χ3v) is 1.48. The first kappa shape index (κ1) is 14.7. The molecule has 2 nitrogen and oxygen atoms in total. The van der Waals surface area contributed by atoms with Crippen LogP contribution in [-0.2, 0) is 4.79 Å². The lowest BCUT2D eigenvalue weighted by Gasteiger charge is -2.09. The highest BCUT2D eigenvalue weighted by Gasteiger charge is 1.99. The molecule has 0 bridgehead atoms. The van der Waals surface area contributed by atoms with Crippen LogP contribution in [-0.4, -0.2) is 17.9 Å². The Morgan fingerprint density at radius 3 is 2.23 bits per heavy atom. The third-order valence-electron chi connectivity index (χ3n) is 1.48. The standard InChI is InChI=1S/C9H17NO.C2H6/c1-4-6-7-8-10(3)9(11)5-2;1-2/h7-8H,4-6H2,1-3H3;1-2H3/b8-7-;. The molecule has 13 heavy (non-hydrogen) atoms. The molecule has 0 aliphatic rings. The average molecular weight is 185 g/mol. The molecule has 2 heteroatoms. The SMILES string of the molecule is CC.CCC/C=C\N(C)C(=O)CC. The zero-order valence-corrected chi connectivity index (χ0v) is 9.63. The number of allylic oxidation sites excluding steroid dienone is 1. The minimum atomic E-state index is 0.164. The van der Waals surface area contributed by atoms with Crippen LogP contribution in [0.15, 0.2) is 12.3 Å². The number of carbonyl (C=O) groups excluding carboxylic acids is 1. The Morgan fingerprint density at radius 1 is 1.31 bits per heavy atom. The number of amides is 1. The van der Waals surface area contributed by atoms with E-state index in [9.17, 15) is 4.79 Å². The van der Waals surface area contributed by atoms with Gasteiger partial charge in [0.15, 0.2) is 0 Å². The number of hydrogen-bond acceptors (Lipinski definition) is 1. The fourth-order valence-corrected chi connectivity index (χ4v) is 0.732. The minimum absolute atomic E-state index is 0.164. The summed E-state index contributed by atoms with van der Waals surface area (Å²) >= 11 is 0. The maximum absolute atomic E-state index is 11.0. The molecular formula is C11H23NO. The van der Waals surface area contributed by atoms with Crippen molar-refractivity contribution in [3.63, 3.8) is 0 Å². The zero-order chi connectivity index (χ0) is 10.7. The Morgan fingerprint density at radius 2 is 1.85 bits per heavy atom. The van der Waals surface area contributed by atoms with Gasteiger partial charge in [-0.15, -0.1) is 0 Å². The van der Waals surface area contributed by atoms with E-state index < -0.39 is 0 Å². The molecule has 0 unspecified atom stereocenters. The van der Waals surface area contributed by atoms with Crippen LogP contribution in [0.3, 0.4) is 0 Å². The second kappa shape index (κ2) is 11.2. The average Bonchev–Trinajstić information content (AvgIpc) is 2.20. The van der Waals surface area contributed by atoms with Gasteiger partial charge in [-0.3, -0.25) is 4.79 Å².